The summed E-state index contributed by atoms with van der Waals surface area (Å²) in [5, 5.41) is 6.09. The average Bonchev–Trinajstić information content (AvgIpc) is 2.82. The summed E-state index contributed by atoms with van der Waals surface area (Å²) in [5.41, 5.74) is 0.679. The monoisotopic (exact) mass is 321 g/mol. The van der Waals surface area contributed by atoms with Crippen molar-refractivity contribution in [3.05, 3.63) is 51.2 Å². The van der Waals surface area contributed by atoms with Gasteiger partial charge in [0.25, 0.3) is 11.8 Å². The third-order valence-corrected chi connectivity index (χ3v) is 4.00. The summed E-state index contributed by atoms with van der Waals surface area (Å²) in [7, 11) is 0. The summed E-state index contributed by atoms with van der Waals surface area (Å²) in [4.78, 5) is 28.5. The molecule has 0 atom stereocenters. The first kappa shape index (κ1) is 16.1. The number of hydrogen-bond acceptors (Lipinski definition) is 4. The molecule has 22 heavy (non-hydrogen) atoms. The minimum absolute atomic E-state index is 0.0113. The van der Waals surface area contributed by atoms with Gasteiger partial charge in [0, 0.05) is 13.1 Å². The lowest BCUT2D eigenvalue weighted by atomic mass is 10.2. The maximum atomic E-state index is 13.4. The first-order valence-corrected chi connectivity index (χ1v) is 7.55. The van der Waals surface area contributed by atoms with Gasteiger partial charge in [0.1, 0.15) is 10.7 Å². The largest absolute Gasteiger partial charge is 0.350 e. The molecule has 1 heterocycles. The number of nitrogens with zero attached hydrogens (tertiary/aromatic N) is 1. The molecule has 0 aliphatic heterocycles. The molecule has 116 valence electrons. The molecular formula is C15H16FN3O2S. The van der Waals surface area contributed by atoms with Crippen LogP contribution in [-0.2, 0) is 0 Å². The molecule has 0 radical (unpaired) electrons. The van der Waals surface area contributed by atoms with Crippen molar-refractivity contribution in [3.8, 4) is 0 Å². The van der Waals surface area contributed by atoms with Crippen LogP contribution in [0, 0.1) is 19.7 Å². The number of rotatable bonds is 5. The van der Waals surface area contributed by atoms with E-state index in [1.807, 2.05) is 6.92 Å². The van der Waals surface area contributed by atoms with E-state index in [1.54, 1.807) is 13.0 Å². The molecule has 0 bridgehead atoms. The number of hydrogen-bond donors (Lipinski definition) is 2. The van der Waals surface area contributed by atoms with Gasteiger partial charge in [-0.1, -0.05) is 12.1 Å². The Morgan fingerprint density at radius 3 is 2.36 bits per heavy atom. The Hall–Kier alpha value is -2.28. The highest BCUT2D eigenvalue weighted by molar-refractivity contribution is 7.13. The highest BCUT2D eigenvalue weighted by Crippen LogP contribution is 2.16. The number of benzene rings is 1. The van der Waals surface area contributed by atoms with Crippen LogP contribution >= 0.6 is 11.3 Å². The lowest BCUT2D eigenvalue weighted by molar-refractivity contribution is 0.0927. The molecule has 1 aromatic heterocycles. The smallest absolute Gasteiger partial charge is 0.263 e. The van der Waals surface area contributed by atoms with Gasteiger partial charge >= 0.3 is 0 Å². The second-order valence-corrected chi connectivity index (χ2v) is 5.84. The van der Waals surface area contributed by atoms with Gasteiger partial charge in [-0.2, -0.15) is 0 Å². The zero-order valence-electron chi connectivity index (χ0n) is 12.3. The van der Waals surface area contributed by atoms with Crippen LogP contribution in [0.2, 0.25) is 0 Å². The molecule has 2 aromatic rings. The molecule has 0 saturated carbocycles. The second-order valence-electron chi connectivity index (χ2n) is 4.64. The van der Waals surface area contributed by atoms with E-state index in [4.69, 9.17) is 0 Å². The minimum Gasteiger partial charge on any atom is -0.350 e. The lowest BCUT2D eigenvalue weighted by Gasteiger charge is -2.07. The summed E-state index contributed by atoms with van der Waals surface area (Å²) < 4.78 is 13.4. The van der Waals surface area contributed by atoms with Crippen molar-refractivity contribution in [1.29, 1.82) is 0 Å². The molecular weight excluding hydrogens is 305 g/mol. The number of aromatic nitrogens is 1. The van der Waals surface area contributed by atoms with E-state index < -0.39 is 11.7 Å². The van der Waals surface area contributed by atoms with Gasteiger partial charge in [-0.05, 0) is 26.0 Å². The SMILES string of the molecule is Cc1nc(C)c(C(=O)NCCNC(=O)c2ccccc2F)s1. The van der Waals surface area contributed by atoms with Crippen LogP contribution in [0.3, 0.4) is 0 Å². The Bertz CT molecular complexity index is 700. The number of carbonyl (C=O) groups is 2. The Morgan fingerprint density at radius 1 is 1.14 bits per heavy atom. The summed E-state index contributed by atoms with van der Waals surface area (Å²) in [6, 6.07) is 5.75. The van der Waals surface area contributed by atoms with Crippen molar-refractivity contribution < 1.29 is 14.0 Å². The quantitative estimate of drug-likeness (QED) is 0.828. The summed E-state index contributed by atoms with van der Waals surface area (Å²) >= 11 is 1.33. The van der Waals surface area contributed by atoms with Crippen molar-refractivity contribution in [3.63, 3.8) is 0 Å². The van der Waals surface area contributed by atoms with E-state index in [9.17, 15) is 14.0 Å². The van der Waals surface area contributed by atoms with Crippen molar-refractivity contribution in [2.45, 2.75) is 13.8 Å². The van der Waals surface area contributed by atoms with Gasteiger partial charge in [-0.3, -0.25) is 9.59 Å². The van der Waals surface area contributed by atoms with Gasteiger partial charge in [0.05, 0.1) is 16.3 Å². The Balaban J connectivity index is 1.80. The molecule has 0 fully saturated rings. The Morgan fingerprint density at radius 2 is 1.77 bits per heavy atom. The molecule has 0 aliphatic carbocycles. The first-order chi connectivity index (χ1) is 10.5. The Labute approximate surface area is 131 Å². The van der Waals surface area contributed by atoms with E-state index in [0.717, 1.165) is 5.01 Å². The molecule has 2 amide bonds. The number of amides is 2. The zero-order chi connectivity index (χ0) is 16.1. The molecule has 7 heteroatoms. The molecule has 0 spiro atoms. The van der Waals surface area contributed by atoms with Gasteiger partial charge in [0.15, 0.2) is 0 Å². The fourth-order valence-electron chi connectivity index (χ4n) is 1.91. The normalized spacial score (nSPS) is 10.3. The van der Waals surface area contributed by atoms with Crippen molar-refractivity contribution in [2.75, 3.05) is 13.1 Å². The van der Waals surface area contributed by atoms with Crippen LogP contribution in [0.5, 0.6) is 0 Å². The van der Waals surface area contributed by atoms with Crippen LogP contribution in [0.25, 0.3) is 0 Å². The van der Waals surface area contributed by atoms with Crippen LogP contribution in [0.1, 0.15) is 30.7 Å². The topological polar surface area (TPSA) is 71.1 Å². The summed E-state index contributed by atoms with van der Waals surface area (Å²) in [6.07, 6.45) is 0. The van der Waals surface area contributed by atoms with E-state index in [1.165, 1.54) is 29.5 Å². The molecule has 2 N–H and O–H groups in total. The highest BCUT2D eigenvalue weighted by atomic mass is 32.1. The van der Waals surface area contributed by atoms with Gasteiger partial charge < -0.3 is 10.6 Å². The number of halogens is 1. The van der Waals surface area contributed by atoms with Crippen molar-refractivity contribution in [2.24, 2.45) is 0 Å². The van der Waals surface area contributed by atoms with Gasteiger partial charge in [0.2, 0.25) is 0 Å². The van der Waals surface area contributed by atoms with Gasteiger partial charge in [-0.25, -0.2) is 9.37 Å². The predicted octanol–water partition coefficient (Wildman–Crippen LogP) is 2.06. The molecule has 1 aromatic carbocycles. The zero-order valence-corrected chi connectivity index (χ0v) is 13.1. The maximum Gasteiger partial charge on any atom is 0.263 e. The molecule has 2 rings (SSSR count). The predicted molar refractivity (Wildman–Crippen MR) is 82.7 cm³/mol. The number of carbonyl (C=O) groups excluding carboxylic acids is 2. The highest BCUT2D eigenvalue weighted by Gasteiger charge is 2.13. The molecule has 5 nitrogen and oxygen atoms in total. The van der Waals surface area contributed by atoms with E-state index in [2.05, 4.69) is 15.6 Å². The van der Waals surface area contributed by atoms with Crippen LogP contribution in [0.15, 0.2) is 24.3 Å². The maximum absolute atomic E-state index is 13.4. The van der Waals surface area contributed by atoms with Crippen molar-refractivity contribution >= 4 is 23.2 Å². The van der Waals surface area contributed by atoms with Crippen molar-refractivity contribution in [1.82, 2.24) is 15.6 Å². The summed E-state index contributed by atoms with van der Waals surface area (Å²) in [6.45, 7) is 4.09. The standard InChI is InChI=1S/C15H16FN3O2S/c1-9-13(22-10(2)19-9)15(21)18-8-7-17-14(20)11-5-3-4-6-12(11)16/h3-6H,7-8H2,1-2H3,(H,17,20)(H,18,21). The third kappa shape index (κ3) is 3.88. The lowest BCUT2D eigenvalue weighted by Crippen LogP contribution is -2.34. The van der Waals surface area contributed by atoms with E-state index in [0.29, 0.717) is 10.6 Å². The fraction of sp³-hybridized carbons (Fsp3) is 0.267. The van der Waals surface area contributed by atoms with E-state index >= 15 is 0 Å². The molecule has 0 saturated heterocycles. The van der Waals surface area contributed by atoms with Gasteiger partial charge in [-0.15, -0.1) is 11.3 Å². The average molecular weight is 321 g/mol. The second kappa shape index (κ2) is 7.13. The minimum atomic E-state index is -0.570. The molecule has 0 aliphatic rings. The van der Waals surface area contributed by atoms with E-state index in [-0.39, 0.29) is 24.6 Å². The van der Waals surface area contributed by atoms with Crippen LogP contribution in [-0.4, -0.2) is 29.9 Å². The number of thiazole rings is 1. The fourth-order valence-corrected chi connectivity index (χ4v) is 2.75. The first-order valence-electron chi connectivity index (χ1n) is 6.74. The van der Waals surface area contributed by atoms with Crippen LogP contribution < -0.4 is 10.6 Å². The summed E-state index contributed by atoms with van der Waals surface area (Å²) in [5.74, 6) is -1.29. The third-order valence-electron chi connectivity index (χ3n) is 2.92. The number of aryl methyl sites for hydroxylation is 2. The van der Waals surface area contributed by atoms with Crippen LogP contribution in [0.4, 0.5) is 4.39 Å². The number of nitrogens with one attached hydrogen (secondary N) is 2. The Kier molecular flexibility index (Phi) is 5.21. The molecule has 0 unspecified atom stereocenters.